The number of imide groups is 1. The smallest absolute Gasteiger partial charge is 0.277 e. The molecule has 0 saturated carbocycles. The van der Waals surface area contributed by atoms with Gasteiger partial charge in [0.1, 0.15) is 5.75 Å². The fraction of sp³-hybridized carbons (Fsp3) is 0.138. The number of non-ortho nitro benzene ring substituents is 2. The normalized spacial score (nSPS) is 12.4. The first-order valence-corrected chi connectivity index (χ1v) is 13.5. The highest BCUT2D eigenvalue weighted by atomic mass is 79.9. The van der Waals surface area contributed by atoms with Crippen LogP contribution in [0.2, 0.25) is 0 Å². The third kappa shape index (κ3) is 5.05. The Labute approximate surface area is 246 Å². The zero-order chi connectivity index (χ0) is 30.1. The number of benzene rings is 4. The predicted molar refractivity (Wildman–Crippen MR) is 156 cm³/mol. The van der Waals surface area contributed by atoms with E-state index >= 15 is 0 Å². The van der Waals surface area contributed by atoms with Crippen molar-refractivity contribution in [1.82, 2.24) is 4.90 Å². The maximum atomic E-state index is 13.9. The Bertz CT molecular complexity index is 1750. The molecule has 1 aliphatic rings. The molecule has 0 aliphatic carbocycles. The Hall–Kier alpha value is -5.17. The fourth-order valence-corrected chi connectivity index (χ4v) is 5.35. The van der Waals surface area contributed by atoms with Gasteiger partial charge in [0.2, 0.25) is 0 Å². The molecule has 0 saturated heterocycles. The summed E-state index contributed by atoms with van der Waals surface area (Å²) in [4.78, 5) is 64.5. The zero-order valence-corrected chi connectivity index (χ0v) is 23.6. The number of carbonyl (C=O) groups is 3. The quantitative estimate of drug-likeness (QED) is 0.128. The summed E-state index contributed by atoms with van der Waals surface area (Å²) in [5.41, 5.74) is -0.693. The van der Waals surface area contributed by atoms with Crippen LogP contribution in [-0.4, -0.2) is 52.2 Å². The summed E-state index contributed by atoms with van der Waals surface area (Å²) in [6.45, 7) is 1.51. The number of anilines is 1. The molecule has 1 heterocycles. The Kier molecular flexibility index (Phi) is 7.68. The lowest BCUT2D eigenvalue weighted by molar-refractivity contribution is -0.394. The molecule has 0 spiro atoms. The van der Waals surface area contributed by atoms with E-state index in [0.717, 1.165) is 27.6 Å². The van der Waals surface area contributed by atoms with Gasteiger partial charge in [-0.25, -0.2) is 0 Å². The van der Waals surface area contributed by atoms with Gasteiger partial charge in [-0.2, -0.15) is 0 Å². The zero-order valence-electron chi connectivity index (χ0n) is 22.0. The van der Waals surface area contributed by atoms with Crippen LogP contribution in [0.25, 0.3) is 10.8 Å². The lowest BCUT2D eigenvalue weighted by atomic mass is 9.94. The molecule has 42 heavy (non-hydrogen) atoms. The van der Waals surface area contributed by atoms with E-state index in [0.29, 0.717) is 27.6 Å². The van der Waals surface area contributed by atoms with E-state index in [2.05, 4.69) is 15.9 Å². The third-order valence-electron chi connectivity index (χ3n) is 6.76. The second-order valence-corrected chi connectivity index (χ2v) is 10.0. The van der Waals surface area contributed by atoms with E-state index in [1.807, 2.05) is 0 Å². The van der Waals surface area contributed by atoms with E-state index in [1.54, 1.807) is 61.5 Å². The van der Waals surface area contributed by atoms with E-state index in [9.17, 15) is 34.6 Å². The van der Waals surface area contributed by atoms with Crippen LogP contribution in [0, 0.1) is 20.2 Å². The molecule has 4 aromatic rings. The topological polar surface area (TPSA) is 153 Å². The number of halogens is 1. The average Bonchev–Trinajstić information content (AvgIpc) is 2.98. The number of para-hydroxylation sites is 2. The maximum Gasteiger partial charge on any atom is 0.277 e. The highest BCUT2D eigenvalue weighted by Gasteiger charge is 2.34. The van der Waals surface area contributed by atoms with Crippen LogP contribution < -0.4 is 9.64 Å². The van der Waals surface area contributed by atoms with Crippen molar-refractivity contribution >= 4 is 61.5 Å². The van der Waals surface area contributed by atoms with Crippen molar-refractivity contribution < 1.29 is 29.0 Å². The lowest BCUT2D eigenvalue weighted by Crippen LogP contribution is -2.46. The van der Waals surface area contributed by atoms with Crippen LogP contribution in [0.3, 0.4) is 0 Å². The van der Waals surface area contributed by atoms with Crippen LogP contribution in [0.5, 0.6) is 5.75 Å². The summed E-state index contributed by atoms with van der Waals surface area (Å²) in [6, 6.07) is 17.6. The number of hydrogen-bond donors (Lipinski definition) is 0. The summed E-state index contributed by atoms with van der Waals surface area (Å²) >= 11 is 3.46. The van der Waals surface area contributed by atoms with E-state index in [-0.39, 0.29) is 30.9 Å². The minimum atomic E-state index is -0.830. The van der Waals surface area contributed by atoms with Crippen molar-refractivity contribution in [1.29, 1.82) is 0 Å². The standard InChI is InChI=1S/C29H21BrN4O8/c1-2-42-25-9-4-3-8-24(25)31(27(35)17-14-18(33(38)39)16-19(15-17)34(40)41)12-13-32-28(36)21-7-5-6-20-23(30)11-10-22(26(20)21)29(32)37/h3-11,14-16H,2,12-13H2,1H3. The van der Waals surface area contributed by atoms with Gasteiger partial charge in [-0.15, -0.1) is 0 Å². The predicted octanol–water partition coefficient (Wildman–Crippen LogP) is 5.76. The summed E-state index contributed by atoms with van der Waals surface area (Å²) in [5, 5.41) is 24.2. The van der Waals surface area contributed by atoms with Gasteiger partial charge in [-0.05, 0) is 42.6 Å². The van der Waals surface area contributed by atoms with Crippen molar-refractivity contribution in [2.75, 3.05) is 24.6 Å². The molecule has 212 valence electrons. The van der Waals surface area contributed by atoms with Crippen LogP contribution in [0.4, 0.5) is 17.1 Å². The molecule has 0 unspecified atom stereocenters. The van der Waals surface area contributed by atoms with Gasteiger partial charge in [-0.1, -0.05) is 40.2 Å². The molecular weight excluding hydrogens is 612 g/mol. The summed E-state index contributed by atoms with van der Waals surface area (Å²) in [7, 11) is 0. The largest absolute Gasteiger partial charge is 0.492 e. The summed E-state index contributed by atoms with van der Waals surface area (Å²) in [6.07, 6.45) is 0. The second kappa shape index (κ2) is 11.4. The van der Waals surface area contributed by atoms with Gasteiger partial charge in [0.05, 0.1) is 33.8 Å². The lowest BCUT2D eigenvalue weighted by Gasteiger charge is -2.31. The number of hydrogen-bond acceptors (Lipinski definition) is 8. The third-order valence-corrected chi connectivity index (χ3v) is 7.45. The number of ether oxygens (including phenoxy) is 1. The summed E-state index contributed by atoms with van der Waals surface area (Å²) < 4.78 is 6.43. The minimum Gasteiger partial charge on any atom is -0.492 e. The van der Waals surface area contributed by atoms with Crippen LogP contribution in [0.15, 0.2) is 77.3 Å². The monoisotopic (exact) mass is 632 g/mol. The Morgan fingerprint density at radius 2 is 1.55 bits per heavy atom. The fourth-order valence-electron chi connectivity index (χ4n) is 4.89. The number of nitrogens with zero attached hydrogens (tertiary/aromatic N) is 4. The van der Waals surface area contributed by atoms with Crippen LogP contribution in [0.1, 0.15) is 38.0 Å². The Morgan fingerprint density at radius 3 is 2.19 bits per heavy atom. The molecule has 0 radical (unpaired) electrons. The molecule has 0 atom stereocenters. The number of carbonyl (C=O) groups excluding carboxylic acids is 3. The Balaban J connectivity index is 1.55. The van der Waals surface area contributed by atoms with Gasteiger partial charge in [-0.3, -0.25) is 39.5 Å². The molecule has 4 aromatic carbocycles. The van der Waals surface area contributed by atoms with Gasteiger partial charge in [0.25, 0.3) is 29.1 Å². The van der Waals surface area contributed by atoms with E-state index < -0.39 is 38.9 Å². The van der Waals surface area contributed by atoms with Crippen LogP contribution in [-0.2, 0) is 0 Å². The maximum absolute atomic E-state index is 13.9. The van der Waals surface area contributed by atoms with E-state index in [1.165, 1.54) is 4.90 Å². The van der Waals surface area contributed by atoms with Crippen molar-refractivity contribution in [3.8, 4) is 5.75 Å². The van der Waals surface area contributed by atoms with Crippen molar-refractivity contribution in [2.24, 2.45) is 0 Å². The first kappa shape index (κ1) is 28.4. The molecule has 13 heteroatoms. The minimum absolute atomic E-state index is 0.237. The molecule has 0 aromatic heterocycles. The molecule has 5 rings (SSSR count). The molecular formula is C29H21BrN4O8. The second-order valence-electron chi connectivity index (χ2n) is 9.19. The van der Waals surface area contributed by atoms with Gasteiger partial charge in [0.15, 0.2) is 0 Å². The molecule has 0 N–H and O–H groups in total. The van der Waals surface area contributed by atoms with Crippen LogP contribution >= 0.6 is 15.9 Å². The first-order valence-electron chi connectivity index (χ1n) is 12.7. The molecule has 12 nitrogen and oxygen atoms in total. The van der Waals surface area contributed by atoms with Gasteiger partial charge >= 0.3 is 0 Å². The molecule has 3 amide bonds. The molecule has 0 fully saturated rings. The highest BCUT2D eigenvalue weighted by molar-refractivity contribution is 9.10. The van der Waals surface area contributed by atoms with Crippen molar-refractivity contribution in [3.63, 3.8) is 0 Å². The van der Waals surface area contributed by atoms with Crippen molar-refractivity contribution in [3.05, 3.63) is 114 Å². The average molecular weight is 633 g/mol. The van der Waals surface area contributed by atoms with Gasteiger partial charge < -0.3 is 9.64 Å². The molecule has 1 aliphatic heterocycles. The number of amides is 3. The Morgan fingerprint density at radius 1 is 0.905 bits per heavy atom. The van der Waals surface area contributed by atoms with E-state index in [4.69, 9.17) is 4.74 Å². The van der Waals surface area contributed by atoms with Crippen molar-refractivity contribution in [2.45, 2.75) is 6.92 Å². The highest BCUT2D eigenvalue weighted by Crippen LogP contribution is 2.35. The van der Waals surface area contributed by atoms with Gasteiger partial charge in [0, 0.05) is 46.2 Å². The number of nitro groups is 2. The number of rotatable bonds is 9. The SMILES string of the molecule is CCOc1ccccc1N(CCN1C(=O)c2cccc3c(Br)ccc(c23)C1=O)C(=O)c1cc([N+](=O)[O-])cc([N+](=O)[O-])c1. The number of nitro benzene ring substituents is 2. The molecule has 0 bridgehead atoms. The summed E-state index contributed by atoms with van der Waals surface area (Å²) in [5.74, 6) is -1.62. The first-order chi connectivity index (χ1) is 20.1.